The second-order valence-electron chi connectivity index (χ2n) is 5.76. The molecule has 2 rings (SSSR count). The van der Waals surface area contributed by atoms with Gasteiger partial charge in [-0.25, -0.2) is 4.98 Å². The number of amides is 2. The Morgan fingerprint density at radius 2 is 1.96 bits per heavy atom. The Morgan fingerprint density at radius 1 is 1.20 bits per heavy atom. The number of carbonyl (C=O) groups excluding carboxylic acids is 2. The fourth-order valence-electron chi connectivity index (χ4n) is 2.31. The summed E-state index contributed by atoms with van der Waals surface area (Å²) in [6.07, 6.45) is 2.92. The molecule has 6 nitrogen and oxygen atoms in total. The third-order valence-electron chi connectivity index (χ3n) is 3.62. The predicted octanol–water partition coefficient (Wildman–Crippen LogP) is 2.56. The first-order chi connectivity index (χ1) is 12.1. The molecule has 7 heteroatoms. The number of rotatable bonds is 9. The molecular formula is C18H24N4O2S. The van der Waals surface area contributed by atoms with E-state index in [9.17, 15) is 9.59 Å². The Balaban J connectivity index is 1.87. The third-order valence-corrected chi connectivity index (χ3v) is 4.38. The number of nitrogens with two attached hydrogens (primary N) is 1. The van der Waals surface area contributed by atoms with E-state index in [0.717, 1.165) is 24.1 Å². The highest BCUT2D eigenvalue weighted by atomic mass is 32.1. The van der Waals surface area contributed by atoms with Crippen molar-refractivity contribution in [2.45, 2.75) is 32.6 Å². The van der Waals surface area contributed by atoms with E-state index in [2.05, 4.69) is 27.8 Å². The predicted molar refractivity (Wildman–Crippen MR) is 101 cm³/mol. The first-order valence-electron chi connectivity index (χ1n) is 8.37. The Bertz CT molecular complexity index is 697. The van der Waals surface area contributed by atoms with E-state index < -0.39 is 0 Å². The maximum Gasteiger partial charge on any atom is 0.226 e. The van der Waals surface area contributed by atoms with Crippen LogP contribution in [0.5, 0.6) is 0 Å². The fraction of sp³-hybridized carbons (Fsp3) is 0.389. The van der Waals surface area contributed by atoms with Gasteiger partial charge in [-0.2, -0.15) is 0 Å². The Kier molecular flexibility index (Phi) is 7.56. The molecule has 134 valence electrons. The number of hydrogen-bond acceptors (Lipinski definition) is 5. The zero-order valence-electron chi connectivity index (χ0n) is 14.4. The van der Waals surface area contributed by atoms with Crippen LogP contribution >= 0.6 is 11.3 Å². The molecule has 4 N–H and O–H groups in total. The molecule has 2 aromatic rings. The molecule has 0 unspecified atom stereocenters. The van der Waals surface area contributed by atoms with Crippen LogP contribution in [0.25, 0.3) is 11.3 Å². The van der Waals surface area contributed by atoms with Crippen LogP contribution in [-0.4, -0.2) is 29.9 Å². The van der Waals surface area contributed by atoms with E-state index in [-0.39, 0.29) is 11.8 Å². The highest BCUT2D eigenvalue weighted by molar-refractivity contribution is 7.14. The van der Waals surface area contributed by atoms with E-state index in [0.29, 0.717) is 31.1 Å². The van der Waals surface area contributed by atoms with Crippen molar-refractivity contribution in [3.8, 4) is 11.3 Å². The van der Waals surface area contributed by atoms with Gasteiger partial charge in [0.05, 0.1) is 5.69 Å². The normalized spacial score (nSPS) is 10.5. The van der Waals surface area contributed by atoms with E-state index in [1.54, 1.807) is 0 Å². The standard InChI is InChI=1S/C18H24N4O2S/c1-13(23)20-11-3-4-14-6-8-15(9-7-14)16-12-25-18(21-16)22-17(24)5-2-10-19/h6-9,12H,2-5,10-11,19H2,1H3,(H,20,23)(H,21,22,24). The second-order valence-corrected chi connectivity index (χ2v) is 6.62. The van der Waals surface area contributed by atoms with Gasteiger partial charge in [0.2, 0.25) is 11.8 Å². The number of aryl methyl sites for hydroxylation is 1. The van der Waals surface area contributed by atoms with E-state index in [1.165, 1.54) is 23.8 Å². The molecule has 25 heavy (non-hydrogen) atoms. The van der Waals surface area contributed by atoms with Gasteiger partial charge in [0.15, 0.2) is 5.13 Å². The largest absolute Gasteiger partial charge is 0.356 e. The molecule has 0 aliphatic rings. The summed E-state index contributed by atoms with van der Waals surface area (Å²) in [5, 5.41) is 8.14. The minimum absolute atomic E-state index is 0.00445. The first kappa shape index (κ1) is 19.1. The number of anilines is 1. The number of benzene rings is 1. The second kappa shape index (κ2) is 9.90. The van der Waals surface area contributed by atoms with Crippen molar-refractivity contribution in [3.05, 3.63) is 35.2 Å². The van der Waals surface area contributed by atoms with Crippen molar-refractivity contribution in [2.75, 3.05) is 18.4 Å². The lowest BCUT2D eigenvalue weighted by molar-refractivity contribution is -0.119. The summed E-state index contributed by atoms with van der Waals surface area (Å²) >= 11 is 1.42. The van der Waals surface area contributed by atoms with Crippen LogP contribution in [0.4, 0.5) is 5.13 Å². The van der Waals surface area contributed by atoms with Crippen molar-refractivity contribution in [1.82, 2.24) is 10.3 Å². The zero-order valence-corrected chi connectivity index (χ0v) is 15.2. The van der Waals surface area contributed by atoms with Crippen LogP contribution in [0, 0.1) is 0 Å². The smallest absolute Gasteiger partial charge is 0.226 e. The van der Waals surface area contributed by atoms with Gasteiger partial charge in [0, 0.05) is 30.8 Å². The SMILES string of the molecule is CC(=O)NCCCc1ccc(-c2csc(NC(=O)CCCN)n2)cc1. The lowest BCUT2D eigenvalue weighted by Crippen LogP contribution is -2.21. The van der Waals surface area contributed by atoms with Crippen LogP contribution in [0.1, 0.15) is 31.7 Å². The fourth-order valence-corrected chi connectivity index (χ4v) is 3.04. The van der Waals surface area contributed by atoms with E-state index in [4.69, 9.17) is 5.73 Å². The monoisotopic (exact) mass is 360 g/mol. The highest BCUT2D eigenvalue weighted by Gasteiger charge is 2.08. The average molecular weight is 360 g/mol. The van der Waals surface area contributed by atoms with Crippen molar-refractivity contribution >= 4 is 28.3 Å². The van der Waals surface area contributed by atoms with Crippen LogP contribution in [-0.2, 0) is 16.0 Å². The minimum atomic E-state index is -0.0548. The number of carbonyl (C=O) groups is 2. The molecule has 0 aliphatic heterocycles. The van der Waals surface area contributed by atoms with Crippen molar-refractivity contribution in [1.29, 1.82) is 0 Å². The van der Waals surface area contributed by atoms with Gasteiger partial charge in [-0.15, -0.1) is 11.3 Å². The zero-order chi connectivity index (χ0) is 18.1. The first-order valence-corrected chi connectivity index (χ1v) is 9.25. The molecule has 0 aliphatic carbocycles. The van der Waals surface area contributed by atoms with Gasteiger partial charge in [0.1, 0.15) is 0 Å². The third kappa shape index (κ3) is 6.64. The summed E-state index contributed by atoms with van der Waals surface area (Å²) in [4.78, 5) is 27.0. The number of nitrogens with one attached hydrogen (secondary N) is 2. The summed E-state index contributed by atoms with van der Waals surface area (Å²) in [5.74, 6) is -0.0503. The molecule has 2 amide bonds. The quantitative estimate of drug-likeness (QED) is 0.599. The van der Waals surface area contributed by atoms with Crippen molar-refractivity contribution < 1.29 is 9.59 Å². The number of aromatic nitrogens is 1. The number of thiazole rings is 1. The lowest BCUT2D eigenvalue weighted by Gasteiger charge is -2.04. The molecule has 0 radical (unpaired) electrons. The van der Waals surface area contributed by atoms with Gasteiger partial charge in [0.25, 0.3) is 0 Å². The van der Waals surface area contributed by atoms with Crippen molar-refractivity contribution in [3.63, 3.8) is 0 Å². The maximum absolute atomic E-state index is 11.7. The number of hydrogen-bond donors (Lipinski definition) is 3. The highest BCUT2D eigenvalue weighted by Crippen LogP contribution is 2.25. The summed E-state index contributed by atoms with van der Waals surface area (Å²) < 4.78 is 0. The van der Waals surface area contributed by atoms with Crippen LogP contribution in [0.3, 0.4) is 0 Å². The number of nitrogens with zero attached hydrogens (tertiary/aromatic N) is 1. The van der Waals surface area contributed by atoms with Crippen LogP contribution < -0.4 is 16.4 Å². The molecule has 0 saturated heterocycles. The Morgan fingerprint density at radius 3 is 2.64 bits per heavy atom. The molecule has 1 aromatic heterocycles. The Hall–Kier alpha value is -2.25. The van der Waals surface area contributed by atoms with E-state index >= 15 is 0 Å². The van der Waals surface area contributed by atoms with Gasteiger partial charge >= 0.3 is 0 Å². The molecule has 0 saturated carbocycles. The Labute approximate surface area is 151 Å². The summed E-state index contributed by atoms with van der Waals surface area (Å²) in [7, 11) is 0. The molecular weight excluding hydrogens is 336 g/mol. The lowest BCUT2D eigenvalue weighted by atomic mass is 10.1. The molecule has 1 heterocycles. The van der Waals surface area contributed by atoms with E-state index in [1.807, 2.05) is 17.5 Å². The summed E-state index contributed by atoms with van der Waals surface area (Å²) in [6, 6.07) is 8.20. The van der Waals surface area contributed by atoms with Gasteiger partial charge in [-0.3, -0.25) is 9.59 Å². The molecule has 0 bridgehead atoms. The molecule has 1 aromatic carbocycles. The summed E-state index contributed by atoms with van der Waals surface area (Å²) in [6.45, 7) is 2.72. The minimum Gasteiger partial charge on any atom is -0.356 e. The molecule has 0 spiro atoms. The van der Waals surface area contributed by atoms with Crippen molar-refractivity contribution in [2.24, 2.45) is 5.73 Å². The maximum atomic E-state index is 11.7. The van der Waals surface area contributed by atoms with Gasteiger partial charge in [-0.05, 0) is 31.4 Å². The van der Waals surface area contributed by atoms with Crippen LogP contribution in [0.2, 0.25) is 0 Å². The average Bonchev–Trinajstić information content (AvgIpc) is 3.05. The van der Waals surface area contributed by atoms with Gasteiger partial charge < -0.3 is 16.4 Å². The topological polar surface area (TPSA) is 97.1 Å². The molecule has 0 atom stereocenters. The summed E-state index contributed by atoms with van der Waals surface area (Å²) in [5.41, 5.74) is 8.49. The molecule has 0 fully saturated rings. The van der Waals surface area contributed by atoms with Gasteiger partial charge in [-0.1, -0.05) is 24.3 Å². The van der Waals surface area contributed by atoms with Crippen LogP contribution in [0.15, 0.2) is 29.6 Å².